The Hall–Kier alpha value is -1.79. The van der Waals surface area contributed by atoms with Crippen molar-refractivity contribution in [2.75, 3.05) is 24.6 Å². The number of benzene rings is 1. The first-order valence-corrected chi connectivity index (χ1v) is 10.8. The van der Waals surface area contributed by atoms with Crippen LogP contribution in [0.3, 0.4) is 0 Å². The van der Waals surface area contributed by atoms with Gasteiger partial charge < -0.3 is 19.6 Å². The van der Waals surface area contributed by atoms with E-state index in [0.29, 0.717) is 37.1 Å². The summed E-state index contributed by atoms with van der Waals surface area (Å²) in [5, 5.41) is 10.1. The zero-order valence-electron chi connectivity index (χ0n) is 17.3. The highest BCUT2D eigenvalue weighted by Gasteiger charge is 2.66. The highest BCUT2D eigenvalue weighted by molar-refractivity contribution is 6.30. The number of anilines is 1. The van der Waals surface area contributed by atoms with Crippen molar-refractivity contribution in [2.45, 2.75) is 57.6 Å². The summed E-state index contributed by atoms with van der Waals surface area (Å²) in [5.74, 6) is 0.390. The average molecular weight is 421 g/mol. The van der Waals surface area contributed by atoms with Gasteiger partial charge >= 0.3 is 6.09 Å². The van der Waals surface area contributed by atoms with Crippen LogP contribution in [0.1, 0.15) is 52.0 Å². The minimum absolute atomic E-state index is 0.129. The van der Waals surface area contributed by atoms with Gasteiger partial charge in [0.15, 0.2) is 0 Å². The van der Waals surface area contributed by atoms with Crippen LogP contribution in [0.15, 0.2) is 18.2 Å². The van der Waals surface area contributed by atoms with Crippen LogP contribution in [0, 0.1) is 11.8 Å². The van der Waals surface area contributed by atoms with Gasteiger partial charge in [-0.3, -0.25) is 4.79 Å². The van der Waals surface area contributed by atoms with Crippen LogP contribution in [0.2, 0.25) is 5.02 Å². The van der Waals surface area contributed by atoms with Crippen LogP contribution in [0.4, 0.5) is 10.5 Å². The Balaban J connectivity index is 1.50. The van der Waals surface area contributed by atoms with Gasteiger partial charge in [0, 0.05) is 41.5 Å². The molecule has 4 rings (SSSR count). The third kappa shape index (κ3) is 3.21. The predicted molar refractivity (Wildman–Crippen MR) is 111 cm³/mol. The number of carbonyl (C=O) groups excluding carboxylic acids is 1. The molecule has 1 saturated heterocycles. The molecule has 29 heavy (non-hydrogen) atoms. The number of halogens is 1. The molecule has 2 aliphatic heterocycles. The third-order valence-corrected chi connectivity index (χ3v) is 6.98. The molecular formula is C22H29ClN2O4. The molecule has 3 unspecified atom stereocenters. The molecule has 1 aliphatic carbocycles. The van der Waals surface area contributed by atoms with E-state index in [1.807, 2.05) is 43.9 Å². The fourth-order valence-corrected chi connectivity index (χ4v) is 5.47. The monoisotopic (exact) mass is 420 g/mol. The summed E-state index contributed by atoms with van der Waals surface area (Å²) in [6.45, 7) is 7.39. The molecule has 158 valence electrons. The molecule has 1 spiro atoms. The number of nitrogens with zero attached hydrogens (tertiary/aromatic N) is 2. The molecule has 2 heterocycles. The zero-order chi connectivity index (χ0) is 21.0. The number of fused-ring (bicyclic) bond motifs is 1. The lowest BCUT2D eigenvalue weighted by Crippen LogP contribution is -2.61. The van der Waals surface area contributed by atoms with Gasteiger partial charge in [0.1, 0.15) is 5.60 Å². The van der Waals surface area contributed by atoms with Gasteiger partial charge in [0.25, 0.3) is 0 Å². The maximum absolute atomic E-state index is 13.3. The van der Waals surface area contributed by atoms with Crippen LogP contribution in [-0.4, -0.2) is 47.2 Å². The van der Waals surface area contributed by atoms with Crippen molar-refractivity contribution in [1.29, 1.82) is 0 Å². The number of rotatable bonds is 5. The largest absolute Gasteiger partial charge is 0.465 e. The van der Waals surface area contributed by atoms with Gasteiger partial charge in [-0.1, -0.05) is 11.6 Å². The normalized spacial score (nSPS) is 27.7. The predicted octanol–water partition coefficient (Wildman–Crippen LogP) is 4.50. The van der Waals surface area contributed by atoms with E-state index in [0.717, 1.165) is 30.5 Å². The lowest BCUT2D eigenvalue weighted by molar-refractivity contribution is -0.168. The second-order valence-electron chi connectivity index (χ2n) is 9.38. The van der Waals surface area contributed by atoms with Crippen molar-refractivity contribution in [1.82, 2.24) is 4.90 Å². The number of carbonyl (C=O) groups is 2. The number of carboxylic acid groups (broad SMARTS) is 1. The summed E-state index contributed by atoms with van der Waals surface area (Å²) in [7, 11) is 0. The molecule has 1 aromatic carbocycles. The number of hydrogen-bond acceptors (Lipinski definition) is 3. The molecule has 3 aliphatic rings. The van der Waals surface area contributed by atoms with E-state index in [4.69, 9.17) is 16.3 Å². The number of hydrogen-bond donors (Lipinski definition) is 1. The quantitative estimate of drug-likeness (QED) is 0.712. The van der Waals surface area contributed by atoms with Crippen LogP contribution >= 0.6 is 11.6 Å². The second kappa shape index (κ2) is 7.17. The summed E-state index contributed by atoms with van der Waals surface area (Å²) in [4.78, 5) is 28.1. The lowest BCUT2D eigenvalue weighted by Gasteiger charge is -2.56. The van der Waals surface area contributed by atoms with Gasteiger partial charge in [0.2, 0.25) is 5.91 Å². The molecule has 1 aromatic rings. The van der Waals surface area contributed by atoms with E-state index in [9.17, 15) is 14.7 Å². The van der Waals surface area contributed by atoms with Crippen LogP contribution in [-0.2, 0) is 15.1 Å². The Morgan fingerprint density at radius 3 is 2.79 bits per heavy atom. The topological polar surface area (TPSA) is 70.1 Å². The van der Waals surface area contributed by atoms with Crippen LogP contribution in [0.25, 0.3) is 0 Å². The number of amides is 2. The molecule has 1 N–H and O–H groups in total. The lowest BCUT2D eigenvalue weighted by atomic mass is 9.56. The SMILES string of the molecule is CC(C)(C)N(CCCCN1C(=O)C2CC3CCOC32c2cc(Cl)ccc21)C(=O)O. The minimum atomic E-state index is -0.910. The Labute approximate surface area is 176 Å². The van der Waals surface area contributed by atoms with Gasteiger partial charge in [-0.2, -0.15) is 0 Å². The molecule has 6 nitrogen and oxygen atoms in total. The molecule has 1 saturated carbocycles. The third-order valence-electron chi connectivity index (χ3n) is 6.74. The van der Waals surface area contributed by atoms with Gasteiger partial charge in [-0.05, 0) is 70.6 Å². The fourth-order valence-electron chi connectivity index (χ4n) is 5.30. The molecule has 3 atom stereocenters. The molecule has 2 fully saturated rings. The Morgan fingerprint density at radius 2 is 2.14 bits per heavy atom. The highest BCUT2D eigenvalue weighted by atomic mass is 35.5. The van der Waals surface area contributed by atoms with Crippen molar-refractivity contribution in [2.24, 2.45) is 11.8 Å². The summed E-state index contributed by atoms with van der Waals surface area (Å²) >= 11 is 6.30. The maximum Gasteiger partial charge on any atom is 0.407 e. The average Bonchev–Trinajstić information content (AvgIpc) is 2.92. The molecule has 0 aromatic heterocycles. The van der Waals surface area contributed by atoms with Crippen molar-refractivity contribution in [3.8, 4) is 0 Å². The minimum Gasteiger partial charge on any atom is -0.465 e. The molecule has 0 radical (unpaired) electrons. The van der Waals surface area contributed by atoms with E-state index in [1.165, 1.54) is 4.90 Å². The number of unbranched alkanes of at least 4 members (excludes halogenated alkanes) is 1. The molecular weight excluding hydrogens is 392 g/mol. The van der Waals surface area contributed by atoms with Crippen LogP contribution < -0.4 is 4.90 Å². The van der Waals surface area contributed by atoms with Gasteiger partial charge in [0.05, 0.1) is 5.92 Å². The van der Waals surface area contributed by atoms with E-state index in [-0.39, 0.29) is 11.8 Å². The summed E-state index contributed by atoms with van der Waals surface area (Å²) in [6, 6.07) is 5.72. The molecule has 2 amide bonds. The first kappa shape index (κ1) is 20.5. The van der Waals surface area contributed by atoms with Gasteiger partial charge in [-0.25, -0.2) is 4.79 Å². The Bertz CT molecular complexity index is 837. The van der Waals surface area contributed by atoms with E-state index in [2.05, 4.69) is 0 Å². The standard InChI is InChI=1S/C22H29ClN2O4/c1-21(2,3)25(20(27)28)10-5-4-9-24-18-7-6-15(23)13-16(18)22-14(8-11-29-22)12-17(22)19(24)26/h6-7,13-14,17H,4-5,8-12H2,1-3H3,(H,27,28). The maximum atomic E-state index is 13.3. The van der Waals surface area contributed by atoms with Crippen LogP contribution in [0.5, 0.6) is 0 Å². The zero-order valence-corrected chi connectivity index (χ0v) is 18.0. The van der Waals surface area contributed by atoms with Crippen molar-refractivity contribution in [3.63, 3.8) is 0 Å². The molecule has 7 heteroatoms. The summed E-state index contributed by atoms with van der Waals surface area (Å²) in [5.41, 5.74) is 1.02. The summed E-state index contributed by atoms with van der Waals surface area (Å²) in [6.07, 6.45) is 2.39. The Kier molecular flexibility index (Phi) is 5.06. The first-order valence-electron chi connectivity index (χ1n) is 10.4. The first-order chi connectivity index (χ1) is 13.7. The Morgan fingerprint density at radius 1 is 1.38 bits per heavy atom. The van der Waals surface area contributed by atoms with E-state index >= 15 is 0 Å². The van der Waals surface area contributed by atoms with Gasteiger partial charge in [-0.15, -0.1) is 0 Å². The molecule has 0 bridgehead atoms. The highest BCUT2D eigenvalue weighted by Crippen LogP contribution is 2.63. The van der Waals surface area contributed by atoms with Crippen molar-refractivity contribution < 1.29 is 19.4 Å². The summed E-state index contributed by atoms with van der Waals surface area (Å²) < 4.78 is 6.19. The number of ether oxygens (including phenoxy) is 1. The van der Waals surface area contributed by atoms with E-state index in [1.54, 1.807) is 0 Å². The fraction of sp³-hybridized carbons (Fsp3) is 0.636. The van der Waals surface area contributed by atoms with E-state index < -0.39 is 17.2 Å². The van der Waals surface area contributed by atoms with Crippen molar-refractivity contribution in [3.05, 3.63) is 28.8 Å². The second-order valence-corrected chi connectivity index (χ2v) is 9.82. The smallest absolute Gasteiger partial charge is 0.407 e. The van der Waals surface area contributed by atoms with Crippen molar-refractivity contribution >= 4 is 29.3 Å².